The van der Waals surface area contributed by atoms with Crippen LogP contribution >= 0.6 is 0 Å². The van der Waals surface area contributed by atoms with Gasteiger partial charge in [-0.3, -0.25) is 0 Å². The third kappa shape index (κ3) is 8.15. The van der Waals surface area contributed by atoms with Gasteiger partial charge in [-0.05, 0) is 73.1 Å². The normalized spacial score (nSPS) is 19.0. The van der Waals surface area contributed by atoms with Crippen LogP contribution in [0, 0.1) is 11.8 Å². The Hall–Kier alpha value is -2.12. The van der Waals surface area contributed by atoms with Crippen molar-refractivity contribution in [2.24, 2.45) is 11.8 Å². The van der Waals surface area contributed by atoms with E-state index in [9.17, 15) is 0 Å². The summed E-state index contributed by atoms with van der Waals surface area (Å²) >= 11 is 0. The van der Waals surface area contributed by atoms with E-state index in [-0.39, 0.29) is 0 Å². The highest BCUT2D eigenvalue weighted by Crippen LogP contribution is 2.33. The lowest BCUT2D eigenvalue weighted by molar-refractivity contribution is 0.148. The molecule has 0 aromatic heterocycles. The van der Waals surface area contributed by atoms with E-state index in [1.807, 2.05) is 19.1 Å². The van der Waals surface area contributed by atoms with Gasteiger partial charge in [-0.2, -0.15) is 0 Å². The monoisotopic (exact) mass is 416 g/mol. The summed E-state index contributed by atoms with van der Waals surface area (Å²) in [5, 5.41) is 0. The molecule has 1 saturated carbocycles. The third-order valence-corrected chi connectivity index (χ3v) is 6.75. The molecule has 1 aliphatic rings. The van der Waals surface area contributed by atoms with E-state index in [2.05, 4.69) is 61.2 Å². The molecule has 1 aliphatic carbocycles. The highest BCUT2D eigenvalue weighted by atomic mass is 16.5. The van der Waals surface area contributed by atoms with Crippen LogP contribution in [0.15, 0.2) is 73.3 Å². The van der Waals surface area contributed by atoms with Crippen molar-refractivity contribution < 1.29 is 4.74 Å². The molecule has 3 rings (SSSR count). The lowest BCUT2D eigenvalue weighted by Gasteiger charge is -2.27. The maximum Gasteiger partial charge on any atom is 0.0721 e. The molecule has 0 aliphatic heterocycles. The van der Waals surface area contributed by atoms with Crippen LogP contribution in [-0.2, 0) is 17.8 Å². The minimum absolute atomic E-state index is 0.666. The van der Waals surface area contributed by atoms with Crippen molar-refractivity contribution in [3.05, 3.63) is 84.5 Å². The first-order valence-electron chi connectivity index (χ1n) is 12.3. The molecule has 1 fully saturated rings. The van der Waals surface area contributed by atoms with Crippen molar-refractivity contribution in [2.75, 3.05) is 6.61 Å². The van der Waals surface area contributed by atoms with Gasteiger partial charge in [-0.25, -0.2) is 0 Å². The predicted molar refractivity (Wildman–Crippen MR) is 134 cm³/mol. The molecule has 0 saturated heterocycles. The predicted octanol–water partition coefficient (Wildman–Crippen LogP) is 8.54. The second-order valence-electron chi connectivity index (χ2n) is 9.13. The van der Waals surface area contributed by atoms with Gasteiger partial charge in [0, 0.05) is 0 Å². The van der Waals surface area contributed by atoms with Crippen LogP contribution in [0.4, 0.5) is 0 Å². The van der Waals surface area contributed by atoms with Gasteiger partial charge in [0.25, 0.3) is 0 Å². The minimum Gasteiger partial charge on any atom is -0.373 e. The molecule has 31 heavy (non-hydrogen) atoms. The van der Waals surface area contributed by atoms with Crippen LogP contribution in [0.25, 0.3) is 11.1 Å². The Kier molecular flexibility index (Phi) is 10.1. The lowest BCUT2D eigenvalue weighted by atomic mass is 9.78. The second-order valence-corrected chi connectivity index (χ2v) is 9.13. The average molecular weight is 417 g/mol. The molecule has 2 aromatic rings. The summed E-state index contributed by atoms with van der Waals surface area (Å²) in [6.45, 7) is 7.26. The smallest absolute Gasteiger partial charge is 0.0721 e. The maximum absolute atomic E-state index is 5.63. The molecular formula is C30H40O. The summed E-state index contributed by atoms with van der Waals surface area (Å²) in [6.07, 6.45) is 18.4. The van der Waals surface area contributed by atoms with E-state index in [0.717, 1.165) is 11.8 Å². The van der Waals surface area contributed by atoms with Gasteiger partial charge in [0.05, 0.1) is 13.2 Å². The first-order chi connectivity index (χ1) is 15.3. The average Bonchev–Trinajstić information content (AvgIpc) is 2.82. The van der Waals surface area contributed by atoms with Gasteiger partial charge in [0.1, 0.15) is 0 Å². The van der Waals surface area contributed by atoms with Crippen LogP contribution in [0.2, 0.25) is 0 Å². The number of unbranched alkanes of at least 4 members (excludes halogenated alkanes) is 1. The lowest BCUT2D eigenvalue weighted by Crippen LogP contribution is -2.14. The largest absolute Gasteiger partial charge is 0.373 e. The summed E-state index contributed by atoms with van der Waals surface area (Å²) < 4.78 is 5.63. The van der Waals surface area contributed by atoms with Crippen molar-refractivity contribution in [3.8, 4) is 11.1 Å². The first kappa shape index (κ1) is 23.5. The van der Waals surface area contributed by atoms with Crippen molar-refractivity contribution in [3.63, 3.8) is 0 Å². The molecule has 0 amide bonds. The molecular weight excluding hydrogens is 376 g/mol. The van der Waals surface area contributed by atoms with Crippen LogP contribution in [0.1, 0.15) is 69.4 Å². The molecule has 0 heterocycles. The number of hydrogen-bond acceptors (Lipinski definition) is 1. The van der Waals surface area contributed by atoms with Gasteiger partial charge < -0.3 is 4.74 Å². The van der Waals surface area contributed by atoms with Crippen molar-refractivity contribution in [2.45, 2.75) is 71.3 Å². The Labute approximate surface area is 190 Å². The van der Waals surface area contributed by atoms with Gasteiger partial charge >= 0.3 is 0 Å². The van der Waals surface area contributed by atoms with Crippen LogP contribution in [0.5, 0.6) is 0 Å². The Morgan fingerprint density at radius 2 is 1.45 bits per heavy atom. The van der Waals surface area contributed by atoms with Crippen LogP contribution in [-0.4, -0.2) is 6.61 Å². The minimum atomic E-state index is 0.666. The van der Waals surface area contributed by atoms with Crippen molar-refractivity contribution in [1.29, 1.82) is 0 Å². The van der Waals surface area contributed by atoms with Crippen LogP contribution in [0.3, 0.4) is 0 Å². The molecule has 0 unspecified atom stereocenters. The summed E-state index contributed by atoms with van der Waals surface area (Å²) in [6, 6.07) is 17.9. The molecule has 166 valence electrons. The van der Waals surface area contributed by atoms with Crippen LogP contribution < -0.4 is 0 Å². The molecule has 0 bridgehead atoms. The zero-order chi connectivity index (χ0) is 21.7. The second kappa shape index (κ2) is 13.3. The van der Waals surface area contributed by atoms with E-state index in [4.69, 9.17) is 4.74 Å². The van der Waals surface area contributed by atoms with E-state index in [1.165, 1.54) is 80.0 Å². The molecule has 1 heteroatoms. The highest BCUT2D eigenvalue weighted by Gasteiger charge is 2.19. The van der Waals surface area contributed by atoms with Gasteiger partial charge in [0.2, 0.25) is 0 Å². The Balaban J connectivity index is 1.37. The molecule has 0 radical (unpaired) electrons. The third-order valence-electron chi connectivity index (χ3n) is 6.75. The topological polar surface area (TPSA) is 9.23 Å². The Morgan fingerprint density at radius 1 is 0.839 bits per heavy atom. The fraction of sp³-hybridized carbons (Fsp3) is 0.467. The summed E-state index contributed by atoms with van der Waals surface area (Å²) in [5.41, 5.74) is 5.25. The fourth-order valence-electron chi connectivity index (χ4n) is 4.75. The SMILES string of the molecule is C=CCC1CCC(CCCCc2ccc(-c3ccc(COCC=CC)cc3)cc2)CC1. The van der Waals surface area contributed by atoms with Crippen molar-refractivity contribution >= 4 is 0 Å². The first-order valence-corrected chi connectivity index (χ1v) is 12.3. The number of benzene rings is 2. The van der Waals surface area contributed by atoms with E-state index >= 15 is 0 Å². The fourth-order valence-corrected chi connectivity index (χ4v) is 4.75. The quantitative estimate of drug-likeness (QED) is 0.249. The summed E-state index contributed by atoms with van der Waals surface area (Å²) in [7, 11) is 0. The molecule has 0 spiro atoms. The molecule has 0 N–H and O–H groups in total. The number of hydrogen-bond donors (Lipinski definition) is 0. The maximum atomic E-state index is 5.63. The van der Waals surface area contributed by atoms with Gasteiger partial charge in [-0.15, -0.1) is 6.58 Å². The Bertz CT molecular complexity index is 776. The van der Waals surface area contributed by atoms with Crippen molar-refractivity contribution in [1.82, 2.24) is 0 Å². The van der Waals surface area contributed by atoms with Gasteiger partial charge in [-0.1, -0.05) is 92.4 Å². The molecule has 2 aromatic carbocycles. The number of ether oxygens (including phenoxy) is 1. The summed E-state index contributed by atoms with van der Waals surface area (Å²) in [4.78, 5) is 0. The molecule has 1 nitrogen and oxygen atoms in total. The number of rotatable bonds is 12. The Morgan fingerprint density at radius 3 is 2.06 bits per heavy atom. The van der Waals surface area contributed by atoms with Gasteiger partial charge in [0.15, 0.2) is 0 Å². The standard InChI is InChI=1S/C30H40O/c1-3-5-23-31-24-28-17-21-30(22-18-28)29-19-15-27(16-20-29)10-7-6-9-26-13-11-25(8-4-2)12-14-26/h3-5,15-22,25-26H,2,6-14,23-24H2,1H3. The highest BCUT2D eigenvalue weighted by molar-refractivity contribution is 5.63. The van der Waals surface area contributed by atoms with E-state index in [0.29, 0.717) is 13.2 Å². The summed E-state index contributed by atoms with van der Waals surface area (Å²) in [5.74, 6) is 1.89. The molecule has 0 atom stereocenters. The zero-order valence-electron chi connectivity index (χ0n) is 19.4. The van der Waals surface area contributed by atoms with E-state index in [1.54, 1.807) is 0 Å². The van der Waals surface area contributed by atoms with E-state index < -0.39 is 0 Å². The number of aryl methyl sites for hydroxylation is 1. The zero-order valence-corrected chi connectivity index (χ0v) is 19.4. The number of allylic oxidation sites excluding steroid dienone is 2.